The first-order chi connectivity index (χ1) is 6.37. The van der Waals surface area contributed by atoms with Crippen molar-refractivity contribution in [3.05, 3.63) is 18.0 Å². The van der Waals surface area contributed by atoms with Gasteiger partial charge in [-0.2, -0.15) is 5.10 Å². The number of aliphatic hydroxyl groups is 1. The van der Waals surface area contributed by atoms with Gasteiger partial charge >= 0.3 is 0 Å². The Labute approximate surface area is 85.1 Å². The average Bonchev–Trinajstić information content (AvgIpc) is 2.30. The lowest BCUT2D eigenvalue weighted by Crippen LogP contribution is -2.35. The normalized spacial score (nSPS) is 12.4. The zero-order valence-corrected chi connectivity index (χ0v) is 9.36. The Morgan fingerprint density at radius 2 is 2.21 bits per heavy atom. The maximum absolute atomic E-state index is 9.60. The molecule has 0 aliphatic rings. The molecule has 0 radical (unpaired) electrons. The van der Waals surface area contributed by atoms with Gasteiger partial charge in [-0.3, -0.25) is 9.58 Å². The summed E-state index contributed by atoms with van der Waals surface area (Å²) in [4.78, 5) is 2.06. The van der Waals surface area contributed by atoms with Crippen LogP contribution in [0.5, 0.6) is 0 Å². The van der Waals surface area contributed by atoms with Crippen molar-refractivity contribution in [1.29, 1.82) is 0 Å². The zero-order valence-electron chi connectivity index (χ0n) is 9.36. The smallest absolute Gasteiger partial charge is 0.0764 e. The van der Waals surface area contributed by atoms with Crippen molar-refractivity contribution in [3.63, 3.8) is 0 Å². The molecular formula is C10H19N3O. The van der Waals surface area contributed by atoms with Gasteiger partial charge in [0.25, 0.3) is 0 Å². The van der Waals surface area contributed by atoms with Crippen LogP contribution in [0, 0.1) is 0 Å². The molecule has 0 spiro atoms. The number of nitrogens with zero attached hydrogens (tertiary/aromatic N) is 3. The van der Waals surface area contributed by atoms with Crippen LogP contribution in [0.1, 0.15) is 19.5 Å². The van der Waals surface area contributed by atoms with E-state index in [1.54, 1.807) is 4.68 Å². The van der Waals surface area contributed by atoms with Gasteiger partial charge in [0.1, 0.15) is 0 Å². The molecular weight excluding hydrogens is 178 g/mol. The quantitative estimate of drug-likeness (QED) is 0.769. The van der Waals surface area contributed by atoms with Crippen LogP contribution >= 0.6 is 0 Å². The molecule has 0 amide bonds. The van der Waals surface area contributed by atoms with Crippen molar-refractivity contribution in [2.75, 3.05) is 13.6 Å². The van der Waals surface area contributed by atoms with Gasteiger partial charge in [-0.1, -0.05) is 0 Å². The third-order valence-electron chi connectivity index (χ3n) is 1.86. The summed E-state index contributed by atoms with van der Waals surface area (Å²) in [6.45, 7) is 5.03. The molecule has 1 N–H and O–H groups in total. The molecule has 1 heterocycles. The lowest BCUT2D eigenvalue weighted by molar-refractivity contribution is 0.0421. The van der Waals surface area contributed by atoms with Gasteiger partial charge in [0.15, 0.2) is 0 Å². The molecule has 1 rings (SSSR count). The summed E-state index contributed by atoms with van der Waals surface area (Å²) in [5, 5.41) is 13.9. The first kappa shape index (κ1) is 11.2. The highest BCUT2D eigenvalue weighted by Gasteiger charge is 2.15. The molecule has 0 aliphatic carbocycles. The highest BCUT2D eigenvalue weighted by atomic mass is 16.3. The van der Waals surface area contributed by atoms with E-state index in [2.05, 4.69) is 10.00 Å². The van der Waals surface area contributed by atoms with Gasteiger partial charge in [0.05, 0.1) is 11.3 Å². The average molecular weight is 197 g/mol. The molecule has 0 unspecified atom stereocenters. The van der Waals surface area contributed by atoms with Crippen LogP contribution < -0.4 is 0 Å². The molecule has 0 bridgehead atoms. The Balaban J connectivity index is 2.45. The fourth-order valence-electron chi connectivity index (χ4n) is 1.54. The zero-order chi connectivity index (χ0) is 10.8. The minimum atomic E-state index is -0.649. The van der Waals surface area contributed by atoms with Crippen molar-refractivity contribution in [2.45, 2.75) is 26.0 Å². The molecule has 0 aromatic carbocycles. The van der Waals surface area contributed by atoms with E-state index in [4.69, 9.17) is 0 Å². The summed E-state index contributed by atoms with van der Waals surface area (Å²) in [6, 6.07) is 1.99. The highest BCUT2D eigenvalue weighted by molar-refractivity contribution is 4.98. The van der Waals surface area contributed by atoms with Gasteiger partial charge < -0.3 is 5.11 Å². The van der Waals surface area contributed by atoms with Crippen LogP contribution in [0.4, 0.5) is 0 Å². The summed E-state index contributed by atoms with van der Waals surface area (Å²) >= 11 is 0. The summed E-state index contributed by atoms with van der Waals surface area (Å²) in [7, 11) is 3.88. The number of aromatic nitrogens is 2. The molecule has 0 saturated heterocycles. The van der Waals surface area contributed by atoms with Crippen LogP contribution in [0.3, 0.4) is 0 Å². The summed E-state index contributed by atoms with van der Waals surface area (Å²) in [5.41, 5.74) is 0.378. The fraction of sp³-hybridized carbons (Fsp3) is 0.700. The molecule has 0 fully saturated rings. The molecule has 14 heavy (non-hydrogen) atoms. The van der Waals surface area contributed by atoms with Gasteiger partial charge in [-0.05, 0) is 27.0 Å². The summed E-state index contributed by atoms with van der Waals surface area (Å²) in [6.07, 6.45) is 1.92. The lowest BCUT2D eigenvalue weighted by Gasteiger charge is -2.24. The van der Waals surface area contributed by atoms with Crippen molar-refractivity contribution in [1.82, 2.24) is 14.7 Å². The minimum Gasteiger partial charge on any atom is -0.389 e. The van der Waals surface area contributed by atoms with E-state index in [0.717, 1.165) is 12.2 Å². The molecule has 4 heteroatoms. The predicted octanol–water partition coefficient (Wildman–Crippen LogP) is 0.623. The van der Waals surface area contributed by atoms with Crippen LogP contribution in [0.15, 0.2) is 12.3 Å². The van der Waals surface area contributed by atoms with Crippen LogP contribution in [-0.2, 0) is 13.6 Å². The van der Waals surface area contributed by atoms with Crippen molar-refractivity contribution < 1.29 is 5.11 Å². The topological polar surface area (TPSA) is 41.3 Å². The molecule has 1 aromatic heterocycles. The van der Waals surface area contributed by atoms with Gasteiger partial charge in [0, 0.05) is 26.3 Å². The monoisotopic (exact) mass is 197 g/mol. The Morgan fingerprint density at radius 1 is 1.57 bits per heavy atom. The van der Waals surface area contributed by atoms with Gasteiger partial charge in [0.2, 0.25) is 0 Å². The second kappa shape index (κ2) is 4.11. The van der Waals surface area contributed by atoms with E-state index in [-0.39, 0.29) is 0 Å². The number of likely N-dealkylation sites (N-methyl/N-ethyl adjacent to an activating group) is 1. The summed E-state index contributed by atoms with van der Waals surface area (Å²) in [5.74, 6) is 0. The van der Waals surface area contributed by atoms with E-state index in [1.165, 1.54) is 0 Å². The van der Waals surface area contributed by atoms with E-state index >= 15 is 0 Å². The standard InChI is InChI=1S/C10H19N3O/c1-10(2,14)8-12(3)7-9-5-6-13(4)11-9/h5-6,14H,7-8H2,1-4H3. The number of rotatable bonds is 4. The number of aryl methyl sites for hydroxylation is 1. The van der Waals surface area contributed by atoms with E-state index in [0.29, 0.717) is 6.54 Å². The van der Waals surface area contributed by atoms with E-state index in [1.807, 2.05) is 40.2 Å². The largest absolute Gasteiger partial charge is 0.389 e. The molecule has 1 aromatic rings. The van der Waals surface area contributed by atoms with E-state index in [9.17, 15) is 5.11 Å². The second-order valence-electron chi connectivity index (χ2n) is 4.47. The van der Waals surface area contributed by atoms with Crippen LogP contribution in [0.25, 0.3) is 0 Å². The van der Waals surface area contributed by atoms with Gasteiger partial charge in [-0.25, -0.2) is 0 Å². The van der Waals surface area contributed by atoms with Crippen molar-refractivity contribution >= 4 is 0 Å². The van der Waals surface area contributed by atoms with Gasteiger partial charge in [-0.15, -0.1) is 0 Å². The highest BCUT2D eigenvalue weighted by Crippen LogP contribution is 2.06. The fourth-order valence-corrected chi connectivity index (χ4v) is 1.54. The molecule has 0 aliphatic heterocycles. The predicted molar refractivity (Wildman–Crippen MR) is 55.8 cm³/mol. The number of hydrogen-bond acceptors (Lipinski definition) is 3. The van der Waals surface area contributed by atoms with E-state index < -0.39 is 5.60 Å². The maximum Gasteiger partial charge on any atom is 0.0764 e. The Kier molecular flexibility index (Phi) is 3.29. The SMILES string of the molecule is CN(Cc1ccn(C)n1)CC(C)(C)O. The number of hydrogen-bond donors (Lipinski definition) is 1. The Bertz CT molecular complexity index is 288. The van der Waals surface area contributed by atoms with Crippen molar-refractivity contribution in [2.24, 2.45) is 7.05 Å². The molecule has 80 valence electrons. The minimum absolute atomic E-state index is 0.642. The molecule has 4 nitrogen and oxygen atoms in total. The molecule has 0 saturated carbocycles. The third kappa shape index (κ3) is 3.89. The van der Waals surface area contributed by atoms with Crippen LogP contribution in [0.2, 0.25) is 0 Å². The summed E-state index contributed by atoms with van der Waals surface area (Å²) < 4.78 is 1.78. The first-order valence-corrected chi connectivity index (χ1v) is 4.76. The van der Waals surface area contributed by atoms with Crippen molar-refractivity contribution in [3.8, 4) is 0 Å². The second-order valence-corrected chi connectivity index (χ2v) is 4.47. The first-order valence-electron chi connectivity index (χ1n) is 4.76. The van der Waals surface area contributed by atoms with Crippen LogP contribution in [-0.4, -0.2) is 39.0 Å². The maximum atomic E-state index is 9.60. The lowest BCUT2D eigenvalue weighted by atomic mass is 10.1. The molecule has 0 atom stereocenters. The Morgan fingerprint density at radius 3 is 2.64 bits per heavy atom. The third-order valence-corrected chi connectivity index (χ3v) is 1.86. The Hall–Kier alpha value is -0.870.